The molecule has 2 nitrogen and oxygen atoms in total. The van der Waals surface area contributed by atoms with E-state index in [-0.39, 0.29) is 0 Å². The highest BCUT2D eigenvalue weighted by Crippen LogP contribution is 2.11. The zero-order valence-electron chi connectivity index (χ0n) is 5.39. The minimum atomic E-state index is 0.378. The van der Waals surface area contributed by atoms with Crippen LogP contribution in [-0.4, -0.2) is 19.5 Å². The molecule has 0 aromatic rings. The fourth-order valence-electron chi connectivity index (χ4n) is 0.689. The van der Waals surface area contributed by atoms with E-state index in [4.69, 9.17) is 9.47 Å². The third-order valence-electron chi connectivity index (χ3n) is 1.60. The fraction of sp³-hybridized carbons (Fsp3) is 1.00. The third-order valence-corrected chi connectivity index (χ3v) is 1.60. The maximum absolute atomic E-state index is 5.17. The zero-order valence-corrected chi connectivity index (χ0v) is 5.39. The predicted octanol–water partition coefficient (Wildman–Crippen LogP) is 1.02. The molecular formula is C6H12O2. The lowest BCUT2D eigenvalue weighted by molar-refractivity contribution is -0.159. The van der Waals surface area contributed by atoms with Crippen LogP contribution in [0.5, 0.6) is 0 Å². The van der Waals surface area contributed by atoms with E-state index in [2.05, 4.69) is 13.8 Å². The molecule has 0 aromatic heterocycles. The quantitative estimate of drug-likeness (QED) is 0.470. The molecular weight excluding hydrogens is 104 g/mol. The number of hydrogen-bond donors (Lipinski definition) is 0. The molecule has 2 unspecified atom stereocenters. The Kier molecular flexibility index (Phi) is 1.86. The summed E-state index contributed by atoms with van der Waals surface area (Å²) in [5.41, 5.74) is 0. The van der Waals surface area contributed by atoms with Crippen molar-refractivity contribution in [3.63, 3.8) is 0 Å². The number of rotatable bonds is 0. The van der Waals surface area contributed by atoms with Gasteiger partial charge in [0, 0.05) is 5.92 Å². The molecule has 2 atom stereocenters. The highest BCUT2D eigenvalue weighted by Gasteiger charge is 2.16. The van der Waals surface area contributed by atoms with Crippen LogP contribution in [0.15, 0.2) is 0 Å². The summed E-state index contributed by atoms with van der Waals surface area (Å²) in [5, 5.41) is 0. The van der Waals surface area contributed by atoms with Gasteiger partial charge in [0.05, 0.1) is 12.7 Å². The summed E-state index contributed by atoms with van der Waals surface area (Å²) in [6.07, 6.45) is 0.378. The van der Waals surface area contributed by atoms with Gasteiger partial charge >= 0.3 is 0 Å². The van der Waals surface area contributed by atoms with Crippen LogP contribution in [0.2, 0.25) is 0 Å². The van der Waals surface area contributed by atoms with E-state index < -0.39 is 0 Å². The number of ether oxygens (including phenoxy) is 2. The second-order valence-corrected chi connectivity index (χ2v) is 2.34. The van der Waals surface area contributed by atoms with Gasteiger partial charge in [0.25, 0.3) is 0 Å². The normalized spacial score (nSPS) is 39.8. The first-order chi connectivity index (χ1) is 3.80. The largest absolute Gasteiger partial charge is 0.355 e. The Labute approximate surface area is 49.8 Å². The van der Waals surface area contributed by atoms with Crippen LogP contribution in [0.3, 0.4) is 0 Å². The molecule has 8 heavy (non-hydrogen) atoms. The van der Waals surface area contributed by atoms with Gasteiger partial charge in [-0.2, -0.15) is 0 Å². The van der Waals surface area contributed by atoms with Crippen molar-refractivity contribution < 1.29 is 9.47 Å². The van der Waals surface area contributed by atoms with Gasteiger partial charge < -0.3 is 9.47 Å². The molecule has 0 aliphatic carbocycles. The first kappa shape index (κ1) is 6.05. The Balaban J connectivity index is 2.28. The van der Waals surface area contributed by atoms with Gasteiger partial charge in [0.15, 0.2) is 0 Å². The molecule has 1 aliphatic heterocycles. The zero-order chi connectivity index (χ0) is 5.98. The van der Waals surface area contributed by atoms with Crippen molar-refractivity contribution >= 4 is 0 Å². The van der Waals surface area contributed by atoms with E-state index in [9.17, 15) is 0 Å². The molecule has 2 heteroatoms. The van der Waals surface area contributed by atoms with Crippen LogP contribution in [0, 0.1) is 5.92 Å². The first-order valence-electron chi connectivity index (χ1n) is 3.00. The summed E-state index contributed by atoms with van der Waals surface area (Å²) in [6, 6.07) is 0. The topological polar surface area (TPSA) is 18.5 Å². The summed E-state index contributed by atoms with van der Waals surface area (Å²) in [5.74, 6) is 0.559. The van der Waals surface area contributed by atoms with Gasteiger partial charge in [0.2, 0.25) is 0 Å². The van der Waals surface area contributed by atoms with E-state index in [1.807, 2.05) is 0 Å². The molecule has 0 aromatic carbocycles. The van der Waals surface area contributed by atoms with Crippen molar-refractivity contribution in [3.8, 4) is 0 Å². The average Bonchev–Trinajstić information content (AvgIpc) is 1.77. The fourth-order valence-corrected chi connectivity index (χ4v) is 0.689. The molecule has 1 saturated heterocycles. The Morgan fingerprint density at radius 2 is 2.12 bits per heavy atom. The molecule has 0 saturated carbocycles. The summed E-state index contributed by atoms with van der Waals surface area (Å²) in [4.78, 5) is 0. The van der Waals surface area contributed by atoms with Crippen molar-refractivity contribution in [2.45, 2.75) is 20.0 Å². The van der Waals surface area contributed by atoms with Crippen molar-refractivity contribution in [1.82, 2.24) is 0 Å². The lowest BCUT2D eigenvalue weighted by Crippen LogP contribution is -2.29. The Hall–Kier alpha value is -0.0800. The summed E-state index contributed by atoms with van der Waals surface area (Å²) < 4.78 is 10.2. The second kappa shape index (κ2) is 2.46. The molecule has 0 bridgehead atoms. The van der Waals surface area contributed by atoms with Gasteiger partial charge in [-0.15, -0.1) is 0 Å². The van der Waals surface area contributed by atoms with E-state index >= 15 is 0 Å². The van der Waals surface area contributed by atoms with Crippen molar-refractivity contribution in [1.29, 1.82) is 0 Å². The molecule has 0 amide bonds. The van der Waals surface area contributed by atoms with Crippen LogP contribution in [0.1, 0.15) is 13.8 Å². The van der Waals surface area contributed by atoms with Crippen LogP contribution >= 0.6 is 0 Å². The Morgan fingerprint density at radius 1 is 1.38 bits per heavy atom. The molecule has 0 spiro atoms. The van der Waals surface area contributed by atoms with Gasteiger partial charge in [-0.3, -0.25) is 0 Å². The average molecular weight is 116 g/mol. The van der Waals surface area contributed by atoms with Gasteiger partial charge in [0.1, 0.15) is 6.79 Å². The maximum atomic E-state index is 5.17. The van der Waals surface area contributed by atoms with E-state index in [1.54, 1.807) is 0 Å². The van der Waals surface area contributed by atoms with Crippen LogP contribution in [0.4, 0.5) is 0 Å². The minimum Gasteiger partial charge on any atom is -0.355 e. The lowest BCUT2D eigenvalue weighted by Gasteiger charge is -2.25. The lowest BCUT2D eigenvalue weighted by atomic mass is 10.1. The van der Waals surface area contributed by atoms with Gasteiger partial charge in [-0.05, 0) is 6.92 Å². The predicted molar refractivity (Wildman–Crippen MR) is 30.5 cm³/mol. The summed E-state index contributed by atoms with van der Waals surface area (Å²) >= 11 is 0. The van der Waals surface area contributed by atoms with Crippen LogP contribution in [0.25, 0.3) is 0 Å². The van der Waals surface area contributed by atoms with E-state index in [0.717, 1.165) is 6.61 Å². The third kappa shape index (κ3) is 1.20. The summed E-state index contributed by atoms with van der Waals surface area (Å²) in [7, 11) is 0. The molecule has 1 aliphatic rings. The van der Waals surface area contributed by atoms with E-state index in [1.165, 1.54) is 0 Å². The molecule has 0 radical (unpaired) electrons. The molecule has 1 rings (SSSR count). The van der Waals surface area contributed by atoms with Crippen LogP contribution in [-0.2, 0) is 9.47 Å². The highest BCUT2D eigenvalue weighted by atomic mass is 16.7. The Bertz CT molecular complexity index is 62.9. The first-order valence-corrected chi connectivity index (χ1v) is 3.00. The SMILES string of the molecule is CC1COCOC1C. The standard InChI is InChI=1S/C6H12O2/c1-5-3-7-4-8-6(5)2/h5-6H,3-4H2,1-2H3. The van der Waals surface area contributed by atoms with Gasteiger partial charge in [-0.1, -0.05) is 6.92 Å². The molecule has 1 fully saturated rings. The van der Waals surface area contributed by atoms with E-state index in [0.29, 0.717) is 18.8 Å². The molecule has 1 heterocycles. The monoisotopic (exact) mass is 116 g/mol. The number of hydrogen-bond acceptors (Lipinski definition) is 2. The molecule has 48 valence electrons. The molecule has 0 N–H and O–H groups in total. The second-order valence-electron chi connectivity index (χ2n) is 2.34. The van der Waals surface area contributed by atoms with Crippen LogP contribution < -0.4 is 0 Å². The minimum absolute atomic E-state index is 0.378. The van der Waals surface area contributed by atoms with Crippen molar-refractivity contribution in [2.75, 3.05) is 13.4 Å². The van der Waals surface area contributed by atoms with Crippen molar-refractivity contribution in [3.05, 3.63) is 0 Å². The summed E-state index contributed by atoms with van der Waals surface area (Å²) in [6.45, 7) is 5.53. The van der Waals surface area contributed by atoms with Gasteiger partial charge in [-0.25, -0.2) is 0 Å². The van der Waals surface area contributed by atoms with Crippen molar-refractivity contribution in [2.24, 2.45) is 5.92 Å². The maximum Gasteiger partial charge on any atom is 0.147 e. The highest BCUT2D eigenvalue weighted by molar-refractivity contribution is 4.61. The smallest absolute Gasteiger partial charge is 0.147 e. The Morgan fingerprint density at radius 3 is 2.50 bits per heavy atom.